The highest BCUT2D eigenvalue weighted by atomic mass is 19.4. The van der Waals surface area contributed by atoms with Crippen molar-refractivity contribution in [2.45, 2.75) is 6.18 Å². The number of aromatic nitrogens is 2. The maximum Gasteiger partial charge on any atom is 0.434 e. The third kappa shape index (κ3) is 1.84. The van der Waals surface area contributed by atoms with Crippen molar-refractivity contribution in [2.75, 3.05) is 12.4 Å². The normalized spacial score (nSPS) is 11.3. The highest BCUT2D eigenvalue weighted by Gasteiger charge is 2.32. The van der Waals surface area contributed by atoms with Gasteiger partial charge in [0.25, 0.3) is 0 Å². The molecule has 1 N–H and O–H groups in total. The average molecular weight is 177 g/mol. The molecule has 3 nitrogen and oxygen atoms in total. The second-order valence-electron chi connectivity index (χ2n) is 2.03. The lowest BCUT2D eigenvalue weighted by Crippen LogP contribution is -2.08. The smallest absolute Gasteiger partial charge is 0.372 e. The fourth-order valence-electron chi connectivity index (χ4n) is 0.604. The lowest BCUT2D eigenvalue weighted by molar-refractivity contribution is -0.141. The van der Waals surface area contributed by atoms with E-state index in [9.17, 15) is 13.2 Å². The van der Waals surface area contributed by atoms with Gasteiger partial charge < -0.3 is 5.32 Å². The Morgan fingerprint density at radius 2 is 1.92 bits per heavy atom. The number of rotatable bonds is 1. The summed E-state index contributed by atoms with van der Waals surface area (Å²) < 4.78 is 35.7. The highest BCUT2D eigenvalue weighted by Crippen LogP contribution is 2.26. The molecule has 1 rings (SSSR count). The predicted octanol–water partition coefficient (Wildman–Crippen LogP) is 1.54. The molecule has 0 aromatic carbocycles. The average Bonchev–Trinajstić information content (AvgIpc) is 2.03. The van der Waals surface area contributed by atoms with Crippen LogP contribution >= 0.6 is 0 Å². The maximum atomic E-state index is 11.9. The van der Waals surface area contributed by atoms with Crippen molar-refractivity contribution < 1.29 is 13.2 Å². The summed E-state index contributed by atoms with van der Waals surface area (Å²) in [6, 6.07) is 0. The molecule has 0 aliphatic rings. The van der Waals surface area contributed by atoms with Crippen LogP contribution in [0.2, 0.25) is 0 Å². The van der Waals surface area contributed by atoms with Gasteiger partial charge in [-0.2, -0.15) is 13.2 Å². The van der Waals surface area contributed by atoms with Gasteiger partial charge in [0.05, 0.1) is 12.4 Å². The van der Waals surface area contributed by atoms with Crippen LogP contribution < -0.4 is 5.32 Å². The molecule has 0 unspecified atom stereocenters. The van der Waals surface area contributed by atoms with Crippen LogP contribution in [0.5, 0.6) is 0 Å². The van der Waals surface area contributed by atoms with Crippen molar-refractivity contribution in [3.05, 3.63) is 18.1 Å². The van der Waals surface area contributed by atoms with E-state index in [0.29, 0.717) is 12.0 Å². The van der Waals surface area contributed by atoms with Gasteiger partial charge in [-0.15, -0.1) is 0 Å². The topological polar surface area (TPSA) is 37.8 Å². The number of alkyl halides is 3. The van der Waals surface area contributed by atoms with Crippen molar-refractivity contribution in [3.63, 3.8) is 0 Å². The fraction of sp³-hybridized carbons (Fsp3) is 0.333. The number of anilines is 1. The summed E-state index contributed by atoms with van der Waals surface area (Å²) in [5.74, 6) is 0.308. The summed E-state index contributed by atoms with van der Waals surface area (Å²) in [7, 11) is 1.55. The van der Waals surface area contributed by atoms with Crippen LogP contribution in [-0.2, 0) is 6.18 Å². The Bertz CT molecular complexity index is 254. The minimum absolute atomic E-state index is 0.308. The second kappa shape index (κ2) is 2.96. The van der Waals surface area contributed by atoms with E-state index >= 15 is 0 Å². The molecule has 0 bridgehead atoms. The van der Waals surface area contributed by atoms with Gasteiger partial charge in [0.15, 0.2) is 5.69 Å². The Labute approximate surface area is 66.6 Å². The molecule has 0 saturated heterocycles. The Hall–Kier alpha value is -1.33. The predicted molar refractivity (Wildman–Crippen MR) is 36.6 cm³/mol. The molecule has 12 heavy (non-hydrogen) atoms. The molecule has 66 valence electrons. The first-order valence-electron chi connectivity index (χ1n) is 3.11. The quantitative estimate of drug-likeness (QED) is 0.706. The lowest BCUT2D eigenvalue weighted by atomic mass is 10.4. The van der Waals surface area contributed by atoms with Gasteiger partial charge in [-0.3, -0.25) is 0 Å². The van der Waals surface area contributed by atoms with Gasteiger partial charge in [0.2, 0.25) is 0 Å². The number of nitrogens with one attached hydrogen (secondary N) is 1. The molecule has 0 amide bonds. The van der Waals surface area contributed by atoms with Crippen LogP contribution in [-0.4, -0.2) is 17.0 Å². The number of hydrogen-bond donors (Lipinski definition) is 1. The lowest BCUT2D eigenvalue weighted by Gasteiger charge is -2.04. The minimum atomic E-state index is -4.42. The Balaban J connectivity index is 2.93. The van der Waals surface area contributed by atoms with E-state index < -0.39 is 11.9 Å². The highest BCUT2D eigenvalue weighted by molar-refractivity contribution is 5.29. The Morgan fingerprint density at radius 3 is 2.25 bits per heavy atom. The summed E-state index contributed by atoms with van der Waals surface area (Å²) in [6.45, 7) is 0. The van der Waals surface area contributed by atoms with Crippen molar-refractivity contribution in [3.8, 4) is 0 Å². The summed E-state index contributed by atoms with van der Waals surface area (Å²) in [6.07, 6.45) is -2.70. The molecule has 0 fully saturated rings. The summed E-state index contributed by atoms with van der Waals surface area (Å²) in [5.41, 5.74) is -0.985. The number of nitrogens with zero attached hydrogens (tertiary/aromatic N) is 2. The molecule has 0 saturated carbocycles. The summed E-state index contributed by atoms with van der Waals surface area (Å²) in [4.78, 5) is 6.64. The van der Waals surface area contributed by atoms with Gasteiger partial charge in [0, 0.05) is 7.05 Å². The van der Waals surface area contributed by atoms with Crippen LogP contribution in [0.15, 0.2) is 12.4 Å². The maximum absolute atomic E-state index is 11.9. The standard InChI is InChI=1S/C6H6F3N3/c1-10-5-3-11-4(2-12-5)6(7,8)9/h2-3H,1H3,(H,10,12). The second-order valence-corrected chi connectivity index (χ2v) is 2.03. The molecule has 0 atom stereocenters. The molecule has 0 radical (unpaired) electrons. The van der Waals surface area contributed by atoms with Crippen LogP contribution in [0.3, 0.4) is 0 Å². The monoisotopic (exact) mass is 177 g/mol. The largest absolute Gasteiger partial charge is 0.434 e. The van der Waals surface area contributed by atoms with Gasteiger partial charge in [-0.05, 0) is 0 Å². The van der Waals surface area contributed by atoms with Crippen molar-refractivity contribution in [1.82, 2.24) is 9.97 Å². The molecule has 1 aromatic heterocycles. The first-order valence-corrected chi connectivity index (χ1v) is 3.11. The number of halogens is 3. The zero-order valence-electron chi connectivity index (χ0n) is 6.18. The fourth-order valence-corrected chi connectivity index (χ4v) is 0.604. The zero-order chi connectivity index (χ0) is 9.19. The third-order valence-electron chi connectivity index (χ3n) is 1.20. The van der Waals surface area contributed by atoms with E-state index in [1.54, 1.807) is 7.05 Å². The zero-order valence-corrected chi connectivity index (χ0v) is 6.18. The molecule has 1 heterocycles. The molecular weight excluding hydrogens is 171 g/mol. The first kappa shape index (κ1) is 8.76. The van der Waals surface area contributed by atoms with Gasteiger partial charge in [-0.25, -0.2) is 9.97 Å². The van der Waals surface area contributed by atoms with Crippen LogP contribution in [0.4, 0.5) is 19.0 Å². The van der Waals surface area contributed by atoms with Gasteiger partial charge >= 0.3 is 6.18 Å². The molecule has 0 spiro atoms. The number of hydrogen-bond acceptors (Lipinski definition) is 3. The van der Waals surface area contributed by atoms with Crippen molar-refractivity contribution in [2.24, 2.45) is 0 Å². The Kier molecular flexibility index (Phi) is 2.16. The summed E-state index contributed by atoms with van der Waals surface area (Å²) in [5, 5.41) is 2.56. The van der Waals surface area contributed by atoms with Gasteiger partial charge in [0.1, 0.15) is 5.82 Å². The van der Waals surface area contributed by atoms with Crippen molar-refractivity contribution >= 4 is 5.82 Å². The van der Waals surface area contributed by atoms with E-state index in [4.69, 9.17) is 0 Å². The van der Waals surface area contributed by atoms with E-state index in [2.05, 4.69) is 15.3 Å². The van der Waals surface area contributed by atoms with Crippen LogP contribution in [0, 0.1) is 0 Å². The molecular formula is C6H6F3N3. The molecule has 0 aliphatic heterocycles. The minimum Gasteiger partial charge on any atom is -0.372 e. The molecule has 0 aliphatic carbocycles. The third-order valence-corrected chi connectivity index (χ3v) is 1.20. The van der Waals surface area contributed by atoms with E-state index in [0.717, 1.165) is 6.20 Å². The van der Waals surface area contributed by atoms with Gasteiger partial charge in [-0.1, -0.05) is 0 Å². The first-order chi connectivity index (χ1) is 5.54. The summed E-state index contributed by atoms with van der Waals surface area (Å²) >= 11 is 0. The van der Waals surface area contributed by atoms with Crippen molar-refractivity contribution in [1.29, 1.82) is 0 Å². The molecule has 6 heteroatoms. The van der Waals surface area contributed by atoms with E-state index in [-0.39, 0.29) is 0 Å². The Morgan fingerprint density at radius 1 is 1.25 bits per heavy atom. The van der Waals surface area contributed by atoms with E-state index in [1.807, 2.05) is 0 Å². The van der Waals surface area contributed by atoms with Crippen LogP contribution in [0.25, 0.3) is 0 Å². The molecule has 1 aromatic rings. The van der Waals surface area contributed by atoms with Crippen LogP contribution in [0.1, 0.15) is 5.69 Å². The SMILES string of the molecule is CNc1cnc(C(F)(F)F)cn1. The van der Waals surface area contributed by atoms with E-state index in [1.165, 1.54) is 0 Å².